The number of aromatic nitrogens is 2. The highest BCUT2D eigenvalue weighted by molar-refractivity contribution is 9.10. The fourth-order valence-corrected chi connectivity index (χ4v) is 1.60. The third-order valence-electron chi connectivity index (χ3n) is 2.55. The molecule has 0 spiro atoms. The maximum absolute atomic E-state index is 4.25. The SMILES string of the molecule is CNC1(Cc2ncc(Br)cn2)CC1. The standard InChI is InChI=1S/C9H12BrN3/c1-11-9(2-3-9)4-8-12-5-7(10)6-13-8/h5-6,11H,2-4H2,1H3. The lowest BCUT2D eigenvalue weighted by molar-refractivity contribution is 0.533. The van der Waals surface area contributed by atoms with Crippen molar-refractivity contribution in [2.45, 2.75) is 24.8 Å². The van der Waals surface area contributed by atoms with Gasteiger partial charge in [-0.05, 0) is 35.8 Å². The van der Waals surface area contributed by atoms with Crippen LogP contribution in [0.3, 0.4) is 0 Å². The second-order valence-electron chi connectivity index (χ2n) is 3.52. The van der Waals surface area contributed by atoms with Gasteiger partial charge in [0.05, 0.1) is 4.47 Å². The van der Waals surface area contributed by atoms with Crippen molar-refractivity contribution < 1.29 is 0 Å². The van der Waals surface area contributed by atoms with E-state index in [9.17, 15) is 0 Å². The van der Waals surface area contributed by atoms with E-state index in [1.807, 2.05) is 7.05 Å². The van der Waals surface area contributed by atoms with E-state index in [4.69, 9.17) is 0 Å². The minimum Gasteiger partial charge on any atom is -0.314 e. The molecule has 1 aliphatic carbocycles. The van der Waals surface area contributed by atoms with Gasteiger partial charge in [-0.2, -0.15) is 0 Å². The second-order valence-corrected chi connectivity index (χ2v) is 4.44. The summed E-state index contributed by atoms with van der Waals surface area (Å²) in [5.41, 5.74) is 0.299. The van der Waals surface area contributed by atoms with Crippen LogP contribution in [0.1, 0.15) is 18.7 Å². The average Bonchev–Trinajstić information content (AvgIpc) is 2.90. The molecule has 1 aromatic rings. The van der Waals surface area contributed by atoms with Crippen molar-refractivity contribution in [3.8, 4) is 0 Å². The van der Waals surface area contributed by atoms with Crippen LogP contribution in [0.2, 0.25) is 0 Å². The molecule has 1 fully saturated rings. The number of hydrogen-bond acceptors (Lipinski definition) is 3. The minimum absolute atomic E-state index is 0.299. The topological polar surface area (TPSA) is 37.8 Å². The molecule has 0 unspecified atom stereocenters. The Bertz CT molecular complexity index is 292. The summed E-state index contributed by atoms with van der Waals surface area (Å²) >= 11 is 3.32. The third-order valence-corrected chi connectivity index (χ3v) is 2.96. The molecule has 1 aliphatic rings. The summed E-state index contributed by atoms with van der Waals surface area (Å²) in [6.45, 7) is 0. The van der Waals surface area contributed by atoms with Crippen LogP contribution >= 0.6 is 15.9 Å². The summed E-state index contributed by atoms with van der Waals surface area (Å²) in [5.74, 6) is 0.926. The maximum Gasteiger partial charge on any atom is 0.130 e. The number of nitrogens with zero attached hydrogens (tertiary/aromatic N) is 2. The van der Waals surface area contributed by atoms with Crippen LogP contribution in [-0.2, 0) is 6.42 Å². The molecule has 2 rings (SSSR count). The summed E-state index contributed by atoms with van der Waals surface area (Å²) < 4.78 is 0.936. The summed E-state index contributed by atoms with van der Waals surface area (Å²) in [6, 6.07) is 0. The van der Waals surface area contributed by atoms with Gasteiger partial charge in [-0.3, -0.25) is 0 Å². The Morgan fingerprint density at radius 2 is 2.08 bits per heavy atom. The van der Waals surface area contributed by atoms with Crippen LogP contribution in [0.25, 0.3) is 0 Å². The van der Waals surface area contributed by atoms with E-state index in [0.717, 1.165) is 16.7 Å². The van der Waals surface area contributed by atoms with Crippen LogP contribution in [0, 0.1) is 0 Å². The number of likely N-dealkylation sites (N-methyl/N-ethyl adjacent to an activating group) is 1. The fourth-order valence-electron chi connectivity index (χ4n) is 1.40. The number of hydrogen-bond donors (Lipinski definition) is 1. The number of rotatable bonds is 3. The van der Waals surface area contributed by atoms with Crippen LogP contribution in [0.4, 0.5) is 0 Å². The zero-order chi connectivity index (χ0) is 9.31. The lowest BCUT2D eigenvalue weighted by atomic mass is 10.2. The van der Waals surface area contributed by atoms with E-state index < -0.39 is 0 Å². The molecule has 4 heteroatoms. The molecule has 1 N–H and O–H groups in total. The summed E-state index contributed by atoms with van der Waals surface area (Å²) in [6.07, 6.45) is 7.02. The summed E-state index contributed by atoms with van der Waals surface area (Å²) in [4.78, 5) is 8.51. The zero-order valence-corrected chi connectivity index (χ0v) is 9.13. The molecule has 13 heavy (non-hydrogen) atoms. The van der Waals surface area contributed by atoms with Gasteiger partial charge in [-0.25, -0.2) is 9.97 Å². The largest absolute Gasteiger partial charge is 0.314 e. The molecular weight excluding hydrogens is 230 g/mol. The fraction of sp³-hybridized carbons (Fsp3) is 0.556. The van der Waals surface area contributed by atoms with Gasteiger partial charge in [0, 0.05) is 24.4 Å². The lowest BCUT2D eigenvalue weighted by Gasteiger charge is -2.11. The van der Waals surface area contributed by atoms with Gasteiger partial charge in [0.2, 0.25) is 0 Å². The highest BCUT2D eigenvalue weighted by atomic mass is 79.9. The Kier molecular flexibility index (Phi) is 2.34. The van der Waals surface area contributed by atoms with E-state index in [1.54, 1.807) is 12.4 Å². The van der Waals surface area contributed by atoms with Gasteiger partial charge in [-0.15, -0.1) is 0 Å². The smallest absolute Gasteiger partial charge is 0.130 e. The first kappa shape index (κ1) is 9.09. The molecule has 0 atom stereocenters. The first-order valence-corrected chi connectivity index (χ1v) is 5.19. The van der Waals surface area contributed by atoms with Crippen molar-refractivity contribution in [1.82, 2.24) is 15.3 Å². The van der Waals surface area contributed by atoms with Crippen LogP contribution in [0.5, 0.6) is 0 Å². The van der Waals surface area contributed by atoms with E-state index in [-0.39, 0.29) is 0 Å². The van der Waals surface area contributed by atoms with Gasteiger partial charge >= 0.3 is 0 Å². The van der Waals surface area contributed by atoms with Crippen LogP contribution in [0.15, 0.2) is 16.9 Å². The van der Waals surface area contributed by atoms with Crippen molar-refractivity contribution in [2.24, 2.45) is 0 Å². The molecule has 0 aliphatic heterocycles. The maximum atomic E-state index is 4.25. The molecule has 1 saturated carbocycles. The average molecular weight is 242 g/mol. The Morgan fingerprint density at radius 1 is 1.46 bits per heavy atom. The van der Waals surface area contributed by atoms with Crippen molar-refractivity contribution >= 4 is 15.9 Å². The van der Waals surface area contributed by atoms with E-state index >= 15 is 0 Å². The van der Waals surface area contributed by atoms with Gasteiger partial charge in [-0.1, -0.05) is 0 Å². The predicted octanol–water partition coefficient (Wildman–Crippen LogP) is 1.53. The molecule has 0 aromatic carbocycles. The molecule has 0 radical (unpaired) electrons. The van der Waals surface area contributed by atoms with Gasteiger partial charge in [0.25, 0.3) is 0 Å². The van der Waals surface area contributed by atoms with Crippen LogP contribution < -0.4 is 5.32 Å². The summed E-state index contributed by atoms with van der Waals surface area (Å²) in [5, 5.41) is 3.32. The predicted molar refractivity (Wildman–Crippen MR) is 54.5 cm³/mol. The molecule has 1 aromatic heterocycles. The molecule has 0 saturated heterocycles. The minimum atomic E-state index is 0.299. The van der Waals surface area contributed by atoms with E-state index in [0.29, 0.717) is 5.54 Å². The first-order valence-electron chi connectivity index (χ1n) is 4.39. The Labute approximate surface area is 86.1 Å². The van der Waals surface area contributed by atoms with Gasteiger partial charge in [0.15, 0.2) is 0 Å². The highest BCUT2D eigenvalue weighted by Crippen LogP contribution is 2.37. The quantitative estimate of drug-likeness (QED) is 0.873. The molecule has 3 nitrogen and oxygen atoms in total. The van der Waals surface area contributed by atoms with Gasteiger partial charge in [0.1, 0.15) is 5.82 Å². The Morgan fingerprint density at radius 3 is 2.54 bits per heavy atom. The zero-order valence-electron chi connectivity index (χ0n) is 7.55. The monoisotopic (exact) mass is 241 g/mol. The van der Waals surface area contributed by atoms with Crippen LogP contribution in [-0.4, -0.2) is 22.6 Å². The summed E-state index contributed by atoms with van der Waals surface area (Å²) in [7, 11) is 2.01. The van der Waals surface area contributed by atoms with Crippen molar-refractivity contribution in [3.05, 3.63) is 22.7 Å². The first-order chi connectivity index (χ1) is 6.24. The lowest BCUT2D eigenvalue weighted by Crippen LogP contribution is -2.30. The van der Waals surface area contributed by atoms with Crippen molar-refractivity contribution in [2.75, 3.05) is 7.05 Å². The number of nitrogens with one attached hydrogen (secondary N) is 1. The molecule has 1 heterocycles. The van der Waals surface area contributed by atoms with Crippen molar-refractivity contribution in [1.29, 1.82) is 0 Å². The molecule has 70 valence electrons. The molecule has 0 amide bonds. The van der Waals surface area contributed by atoms with E-state index in [2.05, 4.69) is 31.2 Å². The Balaban J connectivity index is 2.06. The highest BCUT2D eigenvalue weighted by Gasteiger charge is 2.41. The van der Waals surface area contributed by atoms with Gasteiger partial charge < -0.3 is 5.32 Å². The Hall–Kier alpha value is -0.480. The normalized spacial score (nSPS) is 18.6. The third kappa shape index (κ3) is 2.06. The number of halogens is 1. The molecular formula is C9H12BrN3. The molecule has 0 bridgehead atoms. The van der Waals surface area contributed by atoms with E-state index in [1.165, 1.54) is 12.8 Å². The second kappa shape index (κ2) is 3.35. The van der Waals surface area contributed by atoms with Crippen molar-refractivity contribution in [3.63, 3.8) is 0 Å².